The fraction of sp³-hybridized carbons (Fsp3) is 0.0476. The van der Waals surface area contributed by atoms with Crippen molar-refractivity contribution < 1.29 is 26.8 Å². The van der Waals surface area contributed by atoms with Gasteiger partial charge in [0.25, 0.3) is 21.8 Å². The Bertz CT molecular complexity index is 1620. The highest BCUT2D eigenvalue weighted by Gasteiger charge is 2.39. The summed E-state index contributed by atoms with van der Waals surface area (Å²) in [6.45, 7) is -0.452. The third-order valence-corrected chi connectivity index (χ3v) is 7.56. The summed E-state index contributed by atoms with van der Waals surface area (Å²) in [6, 6.07) is 10.00. The van der Waals surface area contributed by atoms with Crippen molar-refractivity contribution in [1.29, 1.82) is 0 Å². The van der Waals surface area contributed by atoms with Gasteiger partial charge in [0, 0.05) is 16.1 Å². The van der Waals surface area contributed by atoms with E-state index in [-0.39, 0.29) is 32.8 Å². The molecule has 0 radical (unpaired) electrons. The molecule has 0 bridgehead atoms. The molecule has 4 aromatic rings. The lowest BCUT2D eigenvalue weighted by molar-refractivity contribution is 0.0641. The van der Waals surface area contributed by atoms with Crippen molar-refractivity contribution in [3.05, 3.63) is 81.3 Å². The number of carbonyl (C=O) groups is 2. The van der Waals surface area contributed by atoms with Gasteiger partial charge in [-0.25, -0.2) is 17.2 Å². The number of anilines is 1. The highest BCUT2D eigenvalue weighted by Crippen LogP contribution is 2.35. The number of hydrogen-bond acceptors (Lipinski definition) is 7. The zero-order valence-electron chi connectivity index (χ0n) is 16.8. The highest BCUT2D eigenvalue weighted by atomic mass is 79.9. The fourth-order valence-corrected chi connectivity index (χ4v) is 5.91. The summed E-state index contributed by atoms with van der Waals surface area (Å²) < 4.78 is 64.5. The van der Waals surface area contributed by atoms with Crippen LogP contribution in [0.3, 0.4) is 0 Å². The number of carbonyl (C=O) groups excluding carboxylic acids is 2. The SMILES string of the molecule is O=C1c2cc(Br)cc(NS(=O)(=O)c3cccc4nsnc34)c2C(=O)N1Cc1ccc(F)cc1F. The minimum atomic E-state index is -4.23. The number of imide groups is 1. The average molecular weight is 565 g/mol. The molecule has 1 aliphatic heterocycles. The van der Waals surface area contributed by atoms with Crippen LogP contribution in [0.1, 0.15) is 26.3 Å². The van der Waals surface area contributed by atoms with E-state index in [0.717, 1.165) is 28.8 Å². The Hall–Kier alpha value is -3.29. The van der Waals surface area contributed by atoms with E-state index in [0.29, 0.717) is 16.1 Å². The molecule has 1 aliphatic rings. The van der Waals surface area contributed by atoms with Crippen molar-refractivity contribution in [3.8, 4) is 0 Å². The molecular weight excluding hydrogens is 554 g/mol. The lowest BCUT2D eigenvalue weighted by Crippen LogP contribution is -2.29. The molecule has 34 heavy (non-hydrogen) atoms. The van der Waals surface area contributed by atoms with Gasteiger partial charge in [-0.1, -0.05) is 28.1 Å². The predicted molar refractivity (Wildman–Crippen MR) is 123 cm³/mol. The molecule has 2 heterocycles. The summed E-state index contributed by atoms with van der Waals surface area (Å²) in [5, 5.41) is 0. The highest BCUT2D eigenvalue weighted by molar-refractivity contribution is 9.10. The van der Waals surface area contributed by atoms with Gasteiger partial charge in [-0.2, -0.15) is 8.75 Å². The van der Waals surface area contributed by atoms with Gasteiger partial charge in [0.05, 0.1) is 35.1 Å². The molecule has 0 unspecified atom stereocenters. The maximum atomic E-state index is 14.1. The van der Waals surface area contributed by atoms with Crippen LogP contribution in [-0.2, 0) is 16.6 Å². The van der Waals surface area contributed by atoms with Crippen molar-refractivity contribution >= 4 is 66.2 Å². The van der Waals surface area contributed by atoms with Crippen LogP contribution in [-0.4, -0.2) is 33.9 Å². The Labute approximate surface area is 203 Å². The second-order valence-corrected chi connectivity index (χ2v) is 10.4. The lowest BCUT2D eigenvalue weighted by Gasteiger charge is -2.15. The predicted octanol–water partition coefficient (Wildman–Crippen LogP) is 4.33. The molecule has 1 aromatic heterocycles. The third kappa shape index (κ3) is 3.75. The summed E-state index contributed by atoms with van der Waals surface area (Å²) in [6.07, 6.45) is 0. The average Bonchev–Trinajstić information content (AvgIpc) is 3.34. The molecule has 13 heteroatoms. The van der Waals surface area contributed by atoms with Gasteiger partial charge in [0.15, 0.2) is 0 Å². The number of halogens is 3. The number of nitrogens with one attached hydrogen (secondary N) is 1. The van der Waals surface area contributed by atoms with Crippen molar-refractivity contribution in [3.63, 3.8) is 0 Å². The second kappa shape index (κ2) is 8.18. The maximum absolute atomic E-state index is 14.1. The molecule has 0 fully saturated rings. The van der Waals surface area contributed by atoms with Crippen LogP contribution in [0.25, 0.3) is 11.0 Å². The van der Waals surface area contributed by atoms with Gasteiger partial charge >= 0.3 is 0 Å². The zero-order valence-corrected chi connectivity index (χ0v) is 20.0. The Morgan fingerprint density at radius 2 is 1.82 bits per heavy atom. The number of nitrogens with zero attached hydrogens (tertiary/aromatic N) is 3. The van der Waals surface area contributed by atoms with Gasteiger partial charge in [0.1, 0.15) is 27.6 Å². The van der Waals surface area contributed by atoms with Crippen LogP contribution in [0.15, 0.2) is 57.9 Å². The van der Waals surface area contributed by atoms with Gasteiger partial charge < -0.3 is 0 Å². The molecule has 0 spiro atoms. The summed E-state index contributed by atoms with van der Waals surface area (Å²) in [7, 11) is -4.23. The molecule has 5 rings (SSSR count). The van der Waals surface area contributed by atoms with Crippen molar-refractivity contribution in [2.45, 2.75) is 11.4 Å². The van der Waals surface area contributed by atoms with E-state index in [4.69, 9.17) is 0 Å². The Morgan fingerprint density at radius 3 is 2.59 bits per heavy atom. The lowest BCUT2D eigenvalue weighted by atomic mass is 10.1. The molecule has 1 N–H and O–H groups in total. The van der Waals surface area contributed by atoms with E-state index in [1.807, 2.05) is 0 Å². The smallest absolute Gasteiger partial charge is 0.264 e. The standard InChI is InChI=1S/C21H11BrF2N4O4S2/c22-11-6-13-18(21(30)28(20(13)29)9-10-4-5-12(23)8-14(10)24)16(7-11)27-34(31,32)17-3-1-2-15-19(17)26-33-25-15/h1-8,27H,9H2. The summed E-state index contributed by atoms with van der Waals surface area (Å²) in [5.41, 5.74) is 0.120. The zero-order chi connectivity index (χ0) is 24.2. The van der Waals surface area contributed by atoms with E-state index in [9.17, 15) is 26.8 Å². The molecular formula is C21H11BrF2N4O4S2. The number of rotatable bonds is 5. The normalized spacial score (nSPS) is 13.6. The Morgan fingerprint density at radius 1 is 1.03 bits per heavy atom. The van der Waals surface area contributed by atoms with Crippen molar-refractivity contribution in [1.82, 2.24) is 13.6 Å². The number of aromatic nitrogens is 2. The molecule has 0 atom stereocenters. The molecule has 0 saturated heterocycles. The van der Waals surface area contributed by atoms with Crippen LogP contribution in [0.4, 0.5) is 14.5 Å². The number of amides is 2. The molecule has 2 amide bonds. The van der Waals surface area contributed by atoms with Crippen LogP contribution in [0, 0.1) is 11.6 Å². The molecule has 3 aromatic carbocycles. The van der Waals surface area contributed by atoms with Crippen LogP contribution in [0.2, 0.25) is 0 Å². The van der Waals surface area contributed by atoms with Crippen LogP contribution < -0.4 is 4.72 Å². The van der Waals surface area contributed by atoms with Gasteiger partial charge in [-0.3, -0.25) is 19.2 Å². The van der Waals surface area contributed by atoms with Gasteiger partial charge in [0.2, 0.25) is 0 Å². The summed E-state index contributed by atoms with van der Waals surface area (Å²) in [4.78, 5) is 26.7. The number of sulfonamides is 1. The van der Waals surface area contributed by atoms with Crippen LogP contribution >= 0.6 is 27.7 Å². The maximum Gasteiger partial charge on any atom is 0.264 e. The molecule has 8 nitrogen and oxygen atoms in total. The van der Waals surface area contributed by atoms with Crippen LogP contribution in [0.5, 0.6) is 0 Å². The number of fused-ring (bicyclic) bond motifs is 2. The second-order valence-electron chi connectivity index (χ2n) is 7.30. The Balaban J connectivity index is 1.54. The van der Waals surface area contributed by atoms with Gasteiger partial charge in [-0.05, 0) is 30.3 Å². The quantitative estimate of drug-likeness (QED) is 0.361. The van der Waals surface area contributed by atoms with E-state index in [1.165, 1.54) is 24.3 Å². The number of benzene rings is 3. The first-order chi connectivity index (χ1) is 16.2. The largest absolute Gasteiger partial charge is 0.279 e. The van der Waals surface area contributed by atoms with E-state index in [1.54, 1.807) is 6.07 Å². The van der Waals surface area contributed by atoms with E-state index in [2.05, 4.69) is 29.4 Å². The molecule has 0 aliphatic carbocycles. The monoisotopic (exact) mass is 564 g/mol. The van der Waals surface area contributed by atoms with E-state index < -0.39 is 40.0 Å². The van der Waals surface area contributed by atoms with Crippen molar-refractivity contribution in [2.75, 3.05) is 4.72 Å². The molecule has 172 valence electrons. The van der Waals surface area contributed by atoms with Gasteiger partial charge in [-0.15, -0.1) is 0 Å². The summed E-state index contributed by atoms with van der Waals surface area (Å²) in [5.74, 6) is -3.27. The first-order valence-electron chi connectivity index (χ1n) is 9.53. The number of hydrogen-bond donors (Lipinski definition) is 1. The Kier molecular flexibility index (Phi) is 5.41. The summed E-state index contributed by atoms with van der Waals surface area (Å²) >= 11 is 4.08. The third-order valence-electron chi connectivity index (χ3n) is 5.16. The van der Waals surface area contributed by atoms with E-state index >= 15 is 0 Å². The first kappa shape index (κ1) is 22.5. The van der Waals surface area contributed by atoms with Crippen molar-refractivity contribution in [2.24, 2.45) is 0 Å². The fourth-order valence-electron chi connectivity index (χ4n) is 3.62. The minimum absolute atomic E-state index is 0.0619. The minimum Gasteiger partial charge on any atom is -0.279 e. The first-order valence-corrected chi connectivity index (χ1v) is 12.5. The molecule has 0 saturated carbocycles. The topological polar surface area (TPSA) is 109 Å².